The van der Waals surface area contributed by atoms with E-state index < -0.39 is 46.7 Å². The Morgan fingerprint density at radius 2 is 1.78 bits per heavy atom. The number of carbonyl (C=O) groups excluding carboxylic acids is 2. The maximum Gasteiger partial charge on any atom is 0.347 e. The number of amides is 1. The molecule has 1 aromatic carbocycles. The van der Waals surface area contributed by atoms with Gasteiger partial charge in [-0.2, -0.15) is 0 Å². The Balaban J connectivity index is 1.32. The fourth-order valence-corrected chi connectivity index (χ4v) is 9.21. The SMILES string of the molecule is COC(=O)[C@@H]1N2C(=O)[C@@H](N3CC4=C[C@@H](C5CC5)n5c(=O)n(C)c(=O)n5C4[C@@H]3[C@@H](O)Cc3ccccc3)[C@H]2SC1(C)C. The second-order valence-electron chi connectivity index (χ2n) is 12.5. The largest absolute Gasteiger partial charge is 0.467 e. The third kappa shape index (κ3) is 3.79. The molecule has 1 aliphatic carbocycles. The van der Waals surface area contributed by atoms with Gasteiger partial charge in [0.1, 0.15) is 17.5 Å². The maximum atomic E-state index is 13.9. The fraction of sp³-hybridized carbons (Fsp3) is 0.586. The van der Waals surface area contributed by atoms with E-state index in [1.165, 1.54) is 14.2 Å². The number of benzene rings is 1. The van der Waals surface area contributed by atoms with Crippen molar-refractivity contribution in [2.75, 3.05) is 13.7 Å². The van der Waals surface area contributed by atoms with Crippen LogP contribution in [0.3, 0.4) is 0 Å². The summed E-state index contributed by atoms with van der Waals surface area (Å²) in [7, 11) is 2.82. The molecule has 1 amide bonds. The summed E-state index contributed by atoms with van der Waals surface area (Å²) in [5, 5.41) is 11.6. The lowest BCUT2D eigenvalue weighted by molar-refractivity contribution is -0.168. The minimum Gasteiger partial charge on any atom is -0.467 e. The van der Waals surface area contributed by atoms with Gasteiger partial charge in [0.2, 0.25) is 5.91 Å². The number of hydrogen-bond acceptors (Lipinski definition) is 8. The molecule has 7 atom stereocenters. The van der Waals surface area contributed by atoms with Crippen molar-refractivity contribution in [3.05, 3.63) is 68.5 Å². The van der Waals surface area contributed by atoms with Crippen LogP contribution in [0, 0.1) is 5.92 Å². The number of esters is 1. The van der Waals surface area contributed by atoms with Crippen molar-refractivity contribution in [1.29, 1.82) is 0 Å². The van der Waals surface area contributed by atoms with E-state index in [0.29, 0.717) is 13.0 Å². The lowest BCUT2D eigenvalue weighted by Gasteiger charge is -2.49. The number of allylic oxidation sites excluding steroid dienone is 1. The number of aliphatic hydroxyl groups excluding tert-OH is 1. The first-order valence-corrected chi connectivity index (χ1v) is 15.1. The molecule has 3 saturated heterocycles. The molecule has 1 unspecified atom stereocenters. The van der Waals surface area contributed by atoms with E-state index in [9.17, 15) is 24.3 Å². The number of rotatable bonds is 6. The second kappa shape index (κ2) is 9.20. The summed E-state index contributed by atoms with van der Waals surface area (Å²) < 4.78 is 8.77. The first kappa shape index (κ1) is 26.8. The molecule has 41 heavy (non-hydrogen) atoms. The normalized spacial score (nSPS) is 32.6. The van der Waals surface area contributed by atoms with Crippen LogP contribution >= 0.6 is 11.8 Å². The highest BCUT2D eigenvalue weighted by molar-refractivity contribution is 8.01. The Morgan fingerprint density at radius 3 is 2.44 bits per heavy atom. The molecule has 12 heteroatoms. The summed E-state index contributed by atoms with van der Waals surface area (Å²) in [5.74, 6) is -0.345. The van der Waals surface area contributed by atoms with E-state index in [4.69, 9.17) is 4.74 Å². The summed E-state index contributed by atoms with van der Waals surface area (Å²) in [6.07, 6.45) is 3.46. The molecule has 4 aliphatic heterocycles. The zero-order chi connectivity index (χ0) is 29.0. The Hall–Kier alpha value is -3.09. The monoisotopic (exact) mass is 581 g/mol. The van der Waals surface area contributed by atoms with Crippen molar-refractivity contribution in [1.82, 2.24) is 23.7 Å². The Labute approximate surface area is 241 Å². The standard InChI is InChI=1S/C29H35N5O6S/c1-29(2)23(26(37)40-4)32-24(36)22(25(32)41-29)31-14-17-13-18(16-10-11-16)33-27(38)30(3)28(39)34(33)20(17)21(31)19(35)12-15-8-6-5-7-9-15/h5-9,13,16,18-23,25,35H,10-12,14H2,1-4H3/t18-,19-,20?,21-,22+,23-,25+/m0/s1. The van der Waals surface area contributed by atoms with E-state index in [1.807, 2.05) is 49.1 Å². The lowest BCUT2D eigenvalue weighted by atomic mass is 9.91. The molecule has 1 aromatic heterocycles. The summed E-state index contributed by atoms with van der Waals surface area (Å²) in [6.45, 7) is 4.28. The quantitative estimate of drug-likeness (QED) is 0.301. The van der Waals surface area contributed by atoms with Crippen LogP contribution in [0.25, 0.3) is 0 Å². The predicted molar refractivity (Wildman–Crippen MR) is 151 cm³/mol. The summed E-state index contributed by atoms with van der Waals surface area (Å²) in [4.78, 5) is 57.1. The van der Waals surface area contributed by atoms with Gasteiger partial charge in [0, 0.05) is 18.3 Å². The van der Waals surface area contributed by atoms with Gasteiger partial charge in [0.15, 0.2) is 0 Å². The van der Waals surface area contributed by atoms with Gasteiger partial charge in [-0.3, -0.25) is 9.69 Å². The highest BCUT2D eigenvalue weighted by atomic mass is 32.2. The van der Waals surface area contributed by atoms with Gasteiger partial charge in [-0.15, -0.1) is 11.8 Å². The van der Waals surface area contributed by atoms with E-state index in [2.05, 4.69) is 6.08 Å². The number of aliphatic hydroxyl groups is 1. The number of nitrogens with zero attached hydrogens (tertiary/aromatic N) is 5. The van der Waals surface area contributed by atoms with Crippen LogP contribution < -0.4 is 11.4 Å². The topological polar surface area (TPSA) is 119 Å². The van der Waals surface area contributed by atoms with E-state index in [0.717, 1.165) is 28.5 Å². The predicted octanol–water partition coefficient (Wildman–Crippen LogP) is 0.672. The Bertz CT molecular complexity index is 1570. The Kier molecular flexibility index (Phi) is 6.01. The number of thioether (sulfide) groups is 1. The van der Waals surface area contributed by atoms with Crippen molar-refractivity contribution < 1.29 is 19.4 Å². The van der Waals surface area contributed by atoms with Gasteiger partial charge in [-0.05, 0) is 50.2 Å². The van der Waals surface area contributed by atoms with Crippen LogP contribution in [-0.4, -0.2) is 88.7 Å². The van der Waals surface area contributed by atoms with Gasteiger partial charge in [0.05, 0.1) is 31.3 Å². The highest BCUT2D eigenvalue weighted by Gasteiger charge is 2.67. The zero-order valence-electron chi connectivity index (χ0n) is 23.5. The molecule has 5 heterocycles. The highest BCUT2D eigenvalue weighted by Crippen LogP contribution is 2.55. The maximum absolute atomic E-state index is 13.9. The molecule has 2 aromatic rings. The molecule has 11 nitrogen and oxygen atoms in total. The van der Waals surface area contributed by atoms with Crippen LogP contribution in [0.15, 0.2) is 51.6 Å². The summed E-state index contributed by atoms with van der Waals surface area (Å²) in [5.41, 5.74) is 1.10. The average molecular weight is 582 g/mol. The van der Waals surface area contributed by atoms with Gasteiger partial charge in [0.25, 0.3) is 0 Å². The Morgan fingerprint density at radius 1 is 1.10 bits per heavy atom. The van der Waals surface area contributed by atoms with Crippen molar-refractivity contribution in [3.8, 4) is 0 Å². The molecule has 5 aliphatic rings. The number of likely N-dealkylation sites (tertiary alicyclic amines) is 1. The van der Waals surface area contributed by atoms with Crippen molar-refractivity contribution in [3.63, 3.8) is 0 Å². The minimum atomic E-state index is -0.931. The molecule has 1 saturated carbocycles. The molecular formula is C29H35N5O6S. The van der Waals surface area contributed by atoms with Gasteiger partial charge in [-0.1, -0.05) is 36.4 Å². The number of ether oxygens (including phenoxy) is 1. The van der Waals surface area contributed by atoms with Gasteiger partial charge >= 0.3 is 17.3 Å². The van der Waals surface area contributed by atoms with Gasteiger partial charge in [-0.25, -0.2) is 28.3 Å². The van der Waals surface area contributed by atoms with Crippen LogP contribution in [0.4, 0.5) is 0 Å². The molecule has 218 valence electrons. The minimum absolute atomic E-state index is 0.184. The molecule has 0 bridgehead atoms. The average Bonchev–Trinajstić information content (AvgIpc) is 3.64. The van der Waals surface area contributed by atoms with E-state index in [-0.39, 0.29) is 28.9 Å². The van der Waals surface area contributed by atoms with Crippen LogP contribution in [-0.2, 0) is 27.8 Å². The number of methoxy groups -OCH3 is 1. The van der Waals surface area contributed by atoms with Crippen LogP contribution in [0.5, 0.6) is 0 Å². The van der Waals surface area contributed by atoms with E-state index in [1.54, 1.807) is 26.0 Å². The first-order valence-electron chi connectivity index (χ1n) is 14.2. The smallest absolute Gasteiger partial charge is 0.347 e. The number of aromatic nitrogens is 3. The molecule has 1 N–H and O–H groups in total. The number of carbonyl (C=O) groups is 2. The summed E-state index contributed by atoms with van der Waals surface area (Å²) >= 11 is 1.56. The number of fused-ring (bicyclic) bond motifs is 4. The van der Waals surface area contributed by atoms with Crippen molar-refractivity contribution in [2.45, 2.75) is 79.5 Å². The van der Waals surface area contributed by atoms with Crippen LogP contribution in [0.2, 0.25) is 0 Å². The molecular weight excluding hydrogens is 546 g/mol. The number of hydrogen-bond donors (Lipinski definition) is 1. The summed E-state index contributed by atoms with van der Waals surface area (Å²) in [6, 6.07) is 6.88. The molecule has 0 spiro atoms. The van der Waals surface area contributed by atoms with E-state index >= 15 is 0 Å². The zero-order valence-corrected chi connectivity index (χ0v) is 24.4. The van der Waals surface area contributed by atoms with Crippen molar-refractivity contribution >= 4 is 23.6 Å². The van der Waals surface area contributed by atoms with Gasteiger partial charge < -0.3 is 14.7 Å². The third-order valence-electron chi connectivity index (χ3n) is 9.56. The second-order valence-corrected chi connectivity index (χ2v) is 14.2. The van der Waals surface area contributed by atoms with Crippen molar-refractivity contribution in [2.24, 2.45) is 13.0 Å². The number of β-lactam (4-membered cyclic amide) rings is 1. The lowest BCUT2D eigenvalue weighted by Crippen LogP contribution is -2.72. The molecule has 7 rings (SSSR count). The fourth-order valence-electron chi connectivity index (χ4n) is 7.51. The van der Waals surface area contributed by atoms with Crippen LogP contribution in [0.1, 0.15) is 44.3 Å². The third-order valence-corrected chi connectivity index (χ3v) is 11.1. The first-order chi connectivity index (χ1) is 19.5. The molecule has 4 fully saturated rings. The molecule has 0 radical (unpaired) electrons.